The van der Waals surface area contributed by atoms with Crippen molar-refractivity contribution in [3.8, 4) is 0 Å². The largest absolute Gasteiger partial charge is 0.394 e. The summed E-state index contributed by atoms with van der Waals surface area (Å²) >= 11 is 0. The highest BCUT2D eigenvalue weighted by Gasteiger charge is 2.44. The van der Waals surface area contributed by atoms with Gasteiger partial charge in [-0.15, -0.1) is 0 Å². The van der Waals surface area contributed by atoms with Gasteiger partial charge in [0, 0.05) is 7.11 Å². The fourth-order valence-electron chi connectivity index (χ4n) is 1.37. The number of aliphatic hydroxyl groups excluding tert-OH is 3. The number of rotatable bonds is 2. The van der Waals surface area contributed by atoms with Gasteiger partial charge in [-0.05, 0) is 0 Å². The molecule has 0 aromatic rings. The summed E-state index contributed by atoms with van der Waals surface area (Å²) in [5.74, 6) is 0. The average molecular weight is 194 g/mol. The third-order valence-electron chi connectivity index (χ3n) is 2.24. The van der Waals surface area contributed by atoms with Crippen molar-refractivity contribution in [1.29, 1.82) is 0 Å². The van der Waals surface area contributed by atoms with E-state index in [2.05, 4.69) is 5.73 Å². The molecule has 0 aromatic heterocycles. The van der Waals surface area contributed by atoms with E-state index < -0.39 is 30.6 Å². The summed E-state index contributed by atoms with van der Waals surface area (Å²) in [6.07, 6.45) is -3.64. The first-order valence-corrected chi connectivity index (χ1v) is 4.10. The van der Waals surface area contributed by atoms with Crippen molar-refractivity contribution in [3.05, 3.63) is 0 Å². The Bertz CT molecular complexity index is 147. The molecule has 0 unspecified atom stereocenters. The number of methoxy groups -OCH3 is 1. The van der Waals surface area contributed by atoms with E-state index in [-0.39, 0.29) is 6.61 Å². The van der Waals surface area contributed by atoms with Crippen molar-refractivity contribution in [2.75, 3.05) is 13.7 Å². The van der Waals surface area contributed by atoms with Gasteiger partial charge in [-0.1, -0.05) is 0 Å². The number of ether oxygens (including phenoxy) is 2. The van der Waals surface area contributed by atoms with E-state index in [0.717, 1.165) is 0 Å². The normalized spacial score (nSPS) is 46.4. The second-order valence-corrected chi connectivity index (χ2v) is 3.11. The summed E-state index contributed by atoms with van der Waals surface area (Å²) in [6, 6.07) is -0.553. The Labute approximate surface area is 75.9 Å². The highest BCUT2D eigenvalue weighted by molar-refractivity contribution is 4.87. The highest BCUT2D eigenvalue weighted by Crippen LogP contribution is 2.18. The van der Waals surface area contributed by atoms with Crippen LogP contribution < -0.4 is 5.73 Å². The molecule has 1 saturated heterocycles. The van der Waals surface area contributed by atoms with E-state index in [1.165, 1.54) is 7.11 Å². The first-order chi connectivity index (χ1) is 6.11. The van der Waals surface area contributed by atoms with Crippen LogP contribution in [0.5, 0.6) is 0 Å². The molecule has 0 spiro atoms. The molecule has 0 amide bonds. The maximum absolute atomic E-state index is 9.47. The van der Waals surface area contributed by atoms with Crippen molar-refractivity contribution < 1.29 is 30.5 Å². The Morgan fingerprint density at radius 1 is 1.38 bits per heavy atom. The van der Waals surface area contributed by atoms with Crippen LogP contribution in [0.1, 0.15) is 0 Å². The van der Waals surface area contributed by atoms with Crippen molar-refractivity contribution in [3.63, 3.8) is 0 Å². The first-order valence-electron chi connectivity index (χ1n) is 4.10. The van der Waals surface area contributed by atoms with Gasteiger partial charge in [-0.2, -0.15) is 0 Å². The zero-order chi connectivity index (χ0) is 10.0. The molecule has 1 heterocycles. The van der Waals surface area contributed by atoms with Crippen LogP contribution in [0.25, 0.3) is 0 Å². The SMILES string of the molecule is CO[C@H]1O[C@H](CO)[C@@H](O)[C@H](O)[C@H]1[NH3+]. The molecular formula is C7H16NO5+. The smallest absolute Gasteiger partial charge is 0.213 e. The van der Waals surface area contributed by atoms with Gasteiger partial charge in [0.05, 0.1) is 6.61 Å². The predicted octanol–water partition coefficient (Wildman–Crippen LogP) is -3.32. The molecule has 1 rings (SSSR count). The molecule has 0 saturated carbocycles. The lowest BCUT2D eigenvalue weighted by molar-refractivity contribution is -0.499. The van der Waals surface area contributed by atoms with Gasteiger partial charge in [-0.25, -0.2) is 0 Å². The number of hydrogen-bond donors (Lipinski definition) is 4. The summed E-state index contributed by atoms with van der Waals surface area (Å²) in [4.78, 5) is 0. The van der Waals surface area contributed by atoms with E-state index >= 15 is 0 Å². The Hall–Kier alpha value is -0.240. The van der Waals surface area contributed by atoms with Crippen LogP contribution in [-0.2, 0) is 9.47 Å². The lowest BCUT2D eigenvalue weighted by Crippen LogP contribution is -2.78. The zero-order valence-corrected chi connectivity index (χ0v) is 7.46. The molecule has 0 aromatic carbocycles. The molecule has 6 heteroatoms. The molecule has 1 fully saturated rings. The third-order valence-corrected chi connectivity index (χ3v) is 2.24. The van der Waals surface area contributed by atoms with Gasteiger partial charge in [0.1, 0.15) is 18.3 Å². The van der Waals surface area contributed by atoms with Gasteiger partial charge < -0.3 is 30.5 Å². The Morgan fingerprint density at radius 2 is 2.00 bits per heavy atom. The molecule has 5 atom stereocenters. The molecule has 78 valence electrons. The van der Waals surface area contributed by atoms with Crippen molar-refractivity contribution in [1.82, 2.24) is 0 Å². The lowest BCUT2D eigenvalue weighted by atomic mass is 9.98. The van der Waals surface area contributed by atoms with Crippen LogP contribution in [0, 0.1) is 0 Å². The Balaban J connectivity index is 2.66. The Kier molecular flexibility index (Phi) is 3.60. The minimum atomic E-state index is -1.11. The molecule has 6 nitrogen and oxygen atoms in total. The Morgan fingerprint density at radius 3 is 2.46 bits per heavy atom. The van der Waals surface area contributed by atoms with Crippen LogP contribution in [0.4, 0.5) is 0 Å². The van der Waals surface area contributed by atoms with E-state index in [9.17, 15) is 10.2 Å². The van der Waals surface area contributed by atoms with Gasteiger partial charge >= 0.3 is 0 Å². The second kappa shape index (κ2) is 4.32. The first kappa shape index (κ1) is 10.8. The lowest BCUT2D eigenvalue weighted by Gasteiger charge is -2.37. The van der Waals surface area contributed by atoms with Crippen LogP contribution in [-0.4, -0.2) is 59.7 Å². The van der Waals surface area contributed by atoms with Crippen molar-refractivity contribution in [2.45, 2.75) is 30.6 Å². The van der Waals surface area contributed by atoms with Gasteiger partial charge in [0.2, 0.25) is 6.29 Å². The van der Waals surface area contributed by atoms with E-state index in [1.807, 2.05) is 0 Å². The average Bonchev–Trinajstić information content (AvgIpc) is 2.15. The van der Waals surface area contributed by atoms with Crippen molar-refractivity contribution in [2.24, 2.45) is 0 Å². The third kappa shape index (κ3) is 1.98. The molecular weight excluding hydrogens is 178 g/mol. The maximum atomic E-state index is 9.47. The highest BCUT2D eigenvalue weighted by atomic mass is 16.7. The standard InChI is InChI=1S/C7H15NO5/c1-12-7-4(8)6(11)5(10)3(2-9)13-7/h3-7,9-11H,2,8H2,1H3/p+1/t3-,4-,5-,6-,7+/m1/s1. The van der Waals surface area contributed by atoms with Crippen molar-refractivity contribution >= 4 is 0 Å². The van der Waals surface area contributed by atoms with E-state index in [0.29, 0.717) is 0 Å². The fourth-order valence-corrected chi connectivity index (χ4v) is 1.37. The van der Waals surface area contributed by atoms with Crippen LogP contribution >= 0.6 is 0 Å². The molecule has 1 aliphatic heterocycles. The van der Waals surface area contributed by atoms with Gasteiger partial charge in [-0.3, -0.25) is 0 Å². The topological polar surface area (TPSA) is 107 Å². The zero-order valence-electron chi connectivity index (χ0n) is 7.46. The predicted molar refractivity (Wildman–Crippen MR) is 41.4 cm³/mol. The summed E-state index contributed by atoms with van der Waals surface area (Å²) < 4.78 is 10.0. The summed E-state index contributed by atoms with van der Waals surface area (Å²) in [5, 5.41) is 27.7. The maximum Gasteiger partial charge on any atom is 0.213 e. The molecule has 13 heavy (non-hydrogen) atoms. The molecule has 0 radical (unpaired) electrons. The van der Waals surface area contributed by atoms with Crippen LogP contribution in [0.3, 0.4) is 0 Å². The molecule has 1 aliphatic rings. The summed E-state index contributed by atoms with van der Waals surface area (Å²) in [6.45, 7) is -0.356. The molecule has 0 aliphatic carbocycles. The summed E-state index contributed by atoms with van der Waals surface area (Å²) in [7, 11) is 1.42. The van der Waals surface area contributed by atoms with Gasteiger partial charge in [0.15, 0.2) is 6.04 Å². The van der Waals surface area contributed by atoms with Crippen LogP contribution in [0.2, 0.25) is 0 Å². The van der Waals surface area contributed by atoms with E-state index in [4.69, 9.17) is 14.6 Å². The van der Waals surface area contributed by atoms with E-state index in [1.54, 1.807) is 0 Å². The van der Waals surface area contributed by atoms with Gasteiger partial charge in [0.25, 0.3) is 0 Å². The molecule has 0 bridgehead atoms. The summed E-state index contributed by atoms with van der Waals surface area (Å²) in [5.41, 5.74) is 3.61. The number of hydrogen-bond acceptors (Lipinski definition) is 5. The minimum Gasteiger partial charge on any atom is -0.394 e. The quantitative estimate of drug-likeness (QED) is 0.368. The second-order valence-electron chi connectivity index (χ2n) is 3.11. The van der Waals surface area contributed by atoms with Crippen LogP contribution in [0.15, 0.2) is 0 Å². The molecule has 6 N–H and O–H groups in total. The number of aliphatic hydroxyl groups is 3. The fraction of sp³-hybridized carbons (Fsp3) is 1.00. The number of quaternary nitrogens is 1. The monoisotopic (exact) mass is 194 g/mol. The minimum absolute atomic E-state index is 0.356.